The Balaban J connectivity index is 1.25. The van der Waals surface area contributed by atoms with Crippen molar-refractivity contribution in [1.29, 1.82) is 0 Å². The summed E-state index contributed by atoms with van der Waals surface area (Å²) < 4.78 is 35.8. The number of hydrogen-bond acceptors (Lipinski definition) is 6. The number of carbonyl (C=O) groups is 1. The maximum Gasteiger partial charge on any atom is 0.326 e. The molecule has 0 aliphatic heterocycles. The lowest BCUT2D eigenvalue weighted by molar-refractivity contribution is 0.240. The van der Waals surface area contributed by atoms with Crippen LogP contribution in [0.2, 0.25) is 0 Å². The minimum absolute atomic E-state index is 0.0408. The second-order valence-electron chi connectivity index (χ2n) is 7.92. The zero-order valence-electron chi connectivity index (χ0n) is 19.4. The van der Waals surface area contributed by atoms with Crippen molar-refractivity contribution in [2.75, 3.05) is 13.2 Å². The van der Waals surface area contributed by atoms with Crippen molar-refractivity contribution in [3.8, 4) is 22.8 Å². The number of nitrogens with one attached hydrogen (secondary N) is 1. The number of primary sulfonamides is 1. The highest BCUT2D eigenvalue weighted by atomic mass is 32.2. The van der Waals surface area contributed by atoms with Crippen LogP contribution in [0.15, 0.2) is 96.3 Å². The monoisotopic (exact) mass is 506 g/mol. The van der Waals surface area contributed by atoms with Crippen LogP contribution >= 0.6 is 0 Å². The molecule has 0 unspecified atom stereocenters. The molecule has 186 valence electrons. The maximum absolute atomic E-state index is 12.4. The number of nitrogens with two attached hydrogens (primary N) is 1. The number of aromatic nitrogens is 2. The lowest BCUT2D eigenvalue weighted by Gasteiger charge is -2.08. The molecule has 36 heavy (non-hydrogen) atoms. The summed E-state index contributed by atoms with van der Waals surface area (Å²) in [7, 11) is -3.77. The summed E-state index contributed by atoms with van der Waals surface area (Å²) in [5, 5.41) is 8.02. The molecule has 0 radical (unpaired) electrons. The predicted octanol–water partition coefficient (Wildman–Crippen LogP) is 3.80. The molecule has 1 heterocycles. The second kappa shape index (κ2) is 11.5. The van der Waals surface area contributed by atoms with Crippen molar-refractivity contribution in [3.63, 3.8) is 0 Å². The van der Waals surface area contributed by atoms with Crippen molar-refractivity contribution >= 4 is 16.1 Å². The molecular weight excluding hydrogens is 480 g/mol. The van der Waals surface area contributed by atoms with Gasteiger partial charge >= 0.3 is 6.03 Å². The fourth-order valence-corrected chi connectivity index (χ4v) is 3.93. The molecular formula is C26H26N4O5S. The Bertz CT molecular complexity index is 1400. The lowest BCUT2D eigenvalue weighted by atomic mass is 10.1. The van der Waals surface area contributed by atoms with E-state index in [1.807, 2.05) is 42.5 Å². The van der Waals surface area contributed by atoms with Crippen molar-refractivity contribution in [3.05, 3.63) is 97.0 Å². The van der Waals surface area contributed by atoms with E-state index >= 15 is 0 Å². The van der Waals surface area contributed by atoms with E-state index in [-0.39, 0.29) is 17.5 Å². The average molecular weight is 507 g/mol. The summed E-state index contributed by atoms with van der Waals surface area (Å²) in [5.41, 5.74) is 2.15. The first-order valence-electron chi connectivity index (χ1n) is 11.2. The van der Waals surface area contributed by atoms with E-state index in [9.17, 15) is 13.2 Å². The number of carbonyl (C=O) groups excluding carboxylic acids is 1. The fraction of sp³-hybridized carbons (Fsp3) is 0.154. The largest absolute Gasteiger partial charge is 0.494 e. The molecule has 3 N–H and O–H groups in total. The fourth-order valence-electron chi connectivity index (χ4n) is 3.35. The first-order chi connectivity index (χ1) is 17.4. The van der Waals surface area contributed by atoms with E-state index in [4.69, 9.17) is 14.6 Å². The number of hydrogen-bond donors (Lipinski definition) is 2. The van der Waals surface area contributed by atoms with Crippen LogP contribution in [0.1, 0.15) is 12.0 Å². The minimum Gasteiger partial charge on any atom is -0.494 e. The molecule has 0 saturated heterocycles. The van der Waals surface area contributed by atoms with Gasteiger partial charge in [-0.15, -0.1) is 0 Å². The van der Waals surface area contributed by atoms with Crippen molar-refractivity contribution in [2.45, 2.75) is 17.9 Å². The smallest absolute Gasteiger partial charge is 0.326 e. The summed E-state index contributed by atoms with van der Waals surface area (Å²) in [6.07, 6.45) is 3.80. The molecule has 0 aliphatic carbocycles. The Morgan fingerprint density at radius 1 is 0.944 bits per heavy atom. The maximum atomic E-state index is 12.4. The minimum atomic E-state index is -3.77. The molecule has 0 spiro atoms. The van der Waals surface area contributed by atoms with E-state index in [0.29, 0.717) is 36.6 Å². The SMILES string of the molecule is NS(=O)(=O)c1cccc(COc2ccc(-c3cn(C(=O)NCCCOc4ccccc4)cn3)cc2)c1. The number of benzene rings is 3. The van der Waals surface area contributed by atoms with Gasteiger partial charge in [-0.2, -0.15) is 0 Å². The molecule has 3 aromatic carbocycles. The molecule has 1 aromatic heterocycles. The molecule has 9 nitrogen and oxygen atoms in total. The van der Waals surface area contributed by atoms with E-state index in [2.05, 4.69) is 10.3 Å². The molecule has 0 fully saturated rings. The molecule has 4 rings (SSSR count). The Morgan fingerprint density at radius 3 is 2.44 bits per heavy atom. The lowest BCUT2D eigenvalue weighted by Crippen LogP contribution is -2.29. The highest BCUT2D eigenvalue weighted by molar-refractivity contribution is 7.89. The summed E-state index contributed by atoms with van der Waals surface area (Å²) >= 11 is 0. The van der Waals surface area contributed by atoms with Gasteiger partial charge in [0.05, 0.1) is 17.2 Å². The zero-order valence-corrected chi connectivity index (χ0v) is 20.2. The van der Waals surface area contributed by atoms with Crippen LogP contribution in [-0.2, 0) is 16.6 Å². The number of nitrogens with zero attached hydrogens (tertiary/aromatic N) is 2. The number of para-hydroxylation sites is 1. The molecule has 1 amide bonds. The average Bonchev–Trinajstić information content (AvgIpc) is 3.38. The van der Waals surface area contributed by atoms with E-state index < -0.39 is 10.0 Å². The predicted molar refractivity (Wildman–Crippen MR) is 135 cm³/mol. The molecule has 0 bridgehead atoms. The second-order valence-corrected chi connectivity index (χ2v) is 9.48. The first-order valence-corrected chi connectivity index (χ1v) is 12.8. The van der Waals surface area contributed by atoms with Crippen LogP contribution in [0.25, 0.3) is 11.3 Å². The van der Waals surface area contributed by atoms with E-state index in [0.717, 1.165) is 11.3 Å². The third kappa shape index (κ3) is 6.94. The van der Waals surface area contributed by atoms with Crippen molar-refractivity contribution < 1.29 is 22.7 Å². The summed E-state index contributed by atoms with van der Waals surface area (Å²) in [6, 6.07) is 22.8. The quantitative estimate of drug-likeness (QED) is 0.315. The van der Waals surface area contributed by atoms with Crippen LogP contribution < -0.4 is 19.9 Å². The van der Waals surface area contributed by atoms with Crippen LogP contribution in [0.4, 0.5) is 4.79 Å². The van der Waals surface area contributed by atoms with Crippen LogP contribution in [0, 0.1) is 0 Å². The molecule has 0 saturated carbocycles. The highest BCUT2D eigenvalue weighted by Gasteiger charge is 2.10. The number of sulfonamides is 1. The van der Waals surface area contributed by atoms with Gasteiger partial charge in [0.25, 0.3) is 0 Å². The highest BCUT2D eigenvalue weighted by Crippen LogP contribution is 2.22. The summed E-state index contributed by atoms with van der Waals surface area (Å²) in [6.45, 7) is 1.17. The molecule has 0 atom stereocenters. The van der Waals surface area contributed by atoms with Crippen molar-refractivity contribution in [2.24, 2.45) is 5.14 Å². The molecule has 4 aromatic rings. The standard InChI is InChI=1S/C26H26N4O5S/c27-36(32,33)24-9-4-6-20(16-24)18-35-23-12-10-21(11-13-23)25-17-30(19-29-25)26(31)28-14-5-15-34-22-7-2-1-3-8-22/h1-4,6-13,16-17,19H,5,14-15,18H2,(H,28,31)(H2,27,32,33). The van der Waals surface area contributed by atoms with Gasteiger partial charge in [-0.1, -0.05) is 30.3 Å². The Morgan fingerprint density at radius 2 is 1.69 bits per heavy atom. The van der Waals surface area contributed by atoms with Gasteiger partial charge in [-0.25, -0.2) is 23.3 Å². The summed E-state index contributed by atoms with van der Waals surface area (Å²) in [4.78, 5) is 16.7. The van der Waals surface area contributed by atoms with Gasteiger partial charge in [0, 0.05) is 18.3 Å². The number of amides is 1. The van der Waals surface area contributed by atoms with Crippen LogP contribution in [0.5, 0.6) is 11.5 Å². The normalized spacial score (nSPS) is 11.1. The third-order valence-electron chi connectivity index (χ3n) is 5.21. The van der Waals surface area contributed by atoms with Gasteiger partial charge in [0.2, 0.25) is 10.0 Å². The van der Waals surface area contributed by atoms with Gasteiger partial charge in [-0.3, -0.25) is 4.57 Å². The van der Waals surface area contributed by atoms with E-state index in [1.165, 1.54) is 23.0 Å². The third-order valence-corrected chi connectivity index (χ3v) is 6.12. The first kappa shape index (κ1) is 25.0. The topological polar surface area (TPSA) is 126 Å². The molecule has 0 aliphatic rings. The summed E-state index contributed by atoms with van der Waals surface area (Å²) in [5.74, 6) is 1.41. The van der Waals surface area contributed by atoms with E-state index in [1.54, 1.807) is 30.5 Å². The Hall–Kier alpha value is -4.15. The van der Waals surface area contributed by atoms with Gasteiger partial charge in [-0.05, 0) is 60.5 Å². The van der Waals surface area contributed by atoms with Crippen LogP contribution in [0.3, 0.4) is 0 Å². The van der Waals surface area contributed by atoms with Crippen LogP contribution in [-0.4, -0.2) is 37.2 Å². The van der Waals surface area contributed by atoms with Gasteiger partial charge in [0.1, 0.15) is 24.4 Å². The molecule has 10 heteroatoms. The number of rotatable bonds is 10. The zero-order chi connectivity index (χ0) is 25.4. The van der Waals surface area contributed by atoms with Gasteiger partial charge in [0.15, 0.2) is 0 Å². The number of ether oxygens (including phenoxy) is 2. The van der Waals surface area contributed by atoms with Gasteiger partial charge < -0.3 is 14.8 Å². The Labute approximate surface area is 209 Å². The van der Waals surface area contributed by atoms with Crippen molar-refractivity contribution in [1.82, 2.24) is 14.9 Å². The number of imidazole rings is 1. The Kier molecular flexibility index (Phi) is 7.99.